The Kier molecular flexibility index (Phi) is 8.24. The van der Waals surface area contributed by atoms with Crippen molar-refractivity contribution in [1.82, 2.24) is 19.9 Å². The molecular formula is C38H32N4O4. The van der Waals surface area contributed by atoms with Crippen LogP contribution in [0, 0.1) is 0 Å². The van der Waals surface area contributed by atoms with Crippen LogP contribution in [0.4, 0.5) is 0 Å². The highest BCUT2D eigenvalue weighted by Crippen LogP contribution is 2.31. The second-order valence-electron chi connectivity index (χ2n) is 11.3. The summed E-state index contributed by atoms with van der Waals surface area (Å²) in [6, 6.07) is 38.6. The number of imidazole rings is 2. The van der Waals surface area contributed by atoms with Crippen molar-refractivity contribution in [2.75, 3.05) is 0 Å². The molecule has 1 fully saturated rings. The predicted octanol–water partition coefficient (Wildman–Crippen LogP) is 8.13. The lowest BCUT2D eigenvalue weighted by Crippen LogP contribution is -2.30. The number of carbonyl (C=O) groups is 2. The summed E-state index contributed by atoms with van der Waals surface area (Å²) in [5.74, 6) is 0.303. The highest BCUT2D eigenvalue weighted by Gasteiger charge is 2.30. The number of nitrogens with one attached hydrogen (secondary N) is 2. The molecule has 1 saturated carbocycles. The van der Waals surface area contributed by atoms with Gasteiger partial charge in [0.05, 0.1) is 0 Å². The van der Waals surface area contributed by atoms with Gasteiger partial charge in [-0.25, -0.2) is 19.6 Å². The Balaban J connectivity index is 1.03. The molecule has 0 atom stereocenters. The summed E-state index contributed by atoms with van der Waals surface area (Å²) in [5.41, 5.74) is 5.15. The number of aromatic amines is 2. The summed E-state index contributed by atoms with van der Waals surface area (Å²) in [6.07, 6.45) is 1.71. The first-order valence-electron chi connectivity index (χ1n) is 15.5. The zero-order valence-corrected chi connectivity index (χ0v) is 25.1. The zero-order valence-electron chi connectivity index (χ0n) is 25.1. The maximum Gasteiger partial charge on any atom is 0.357 e. The fraction of sp³-hybridized carbons (Fsp3) is 0.158. The van der Waals surface area contributed by atoms with Gasteiger partial charge in [-0.15, -0.1) is 0 Å². The van der Waals surface area contributed by atoms with Gasteiger partial charge in [-0.2, -0.15) is 0 Å². The monoisotopic (exact) mass is 608 g/mol. The fourth-order valence-electron chi connectivity index (χ4n) is 5.81. The maximum absolute atomic E-state index is 13.5. The molecule has 7 rings (SSSR count). The van der Waals surface area contributed by atoms with E-state index in [1.807, 2.05) is 121 Å². The molecule has 8 heteroatoms. The Morgan fingerprint density at radius 3 is 1.11 bits per heavy atom. The first-order chi connectivity index (χ1) is 22.6. The van der Waals surface area contributed by atoms with Gasteiger partial charge in [-0.3, -0.25) is 0 Å². The molecule has 46 heavy (non-hydrogen) atoms. The van der Waals surface area contributed by atoms with Crippen LogP contribution in [-0.4, -0.2) is 44.1 Å². The molecule has 6 aromatic rings. The molecule has 0 amide bonds. The number of benzene rings is 4. The smallest absolute Gasteiger partial charge is 0.357 e. The number of hydrogen-bond acceptors (Lipinski definition) is 6. The van der Waals surface area contributed by atoms with Crippen molar-refractivity contribution >= 4 is 11.9 Å². The second kappa shape index (κ2) is 13.1. The number of aromatic nitrogens is 4. The summed E-state index contributed by atoms with van der Waals surface area (Å²) in [4.78, 5) is 42.9. The lowest BCUT2D eigenvalue weighted by Gasteiger charge is -2.28. The number of ether oxygens (including phenoxy) is 2. The Labute approximate surface area is 266 Å². The van der Waals surface area contributed by atoms with Gasteiger partial charge in [-0.05, 0) is 25.7 Å². The lowest BCUT2D eigenvalue weighted by molar-refractivity contribution is -0.0112. The molecule has 1 aliphatic rings. The SMILES string of the molecule is O=C(OC1CCC(OC(=O)c2[nH]c(-c3ccccc3)nc2-c2ccccc2)CC1)c1[nH]c(-c2ccccc2)nc1-c1ccccc1. The van der Waals surface area contributed by atoms with Crippen LogP contribution in [0.1, 0.15) is 46.7 Å². The largest absolute Gasteiger partial charge is 0.458 e. The number of esters is 2. The molecule has 0 spiro atoms. The minimum atomic E-state index is -0.451. The first-order valence-corrected chi connectivity index (χ1v) is 15.5. The van der Waals surface area contributed by atoms with Crippen molar-refractivity contribution in [1.29, 1.82) is 0 Å². The van der Waals surface area contributed by atoms with Crippen molar-refractivity contribution < 1.29 is 19.1 Å². The summed E-state index contributed by atoms with van der Waals surface area (Å²) in [7, 11) is 0. The van der Waals surface area contributed by atoms with E-state index in [2.05, 4.69) is 9.97 Å². The zero-order chi connectivity index (χ0) is 31.3. The highest BCUT2D eigenvalue weighted by molar-refractivity contribution is 5.96. The van der Waals surface area contributed by atoms with E-state index in [9.17, 15) is 9.59 Å². The van der Waals surface area contributed by atoms with E-state index in [1.165, 1.54) is 0 Å². The maximum atomic E-state index is 13.5. The van der Waals surface area contributed by atoms with Crippen molar-refractivity contribution in [2.24, 2.45) is 0 Å². The van der Waals surface area contributed by atoms with Crippen molar-refractivity contribution in [3.63, 3.8) is 0 Å². The van der Waals surface area contributed by atoms with Crippen LogP contribution in [0.2, 0.25) is 0 Å². The number of carbonyl (C=O) groups excluding carboxylic acids is 2. The van der Waals surface area contributed by atoms with E-state index < -0.39 is 11.9 Å². The molecule has 0 aliphatic heterocycles. The Hall–Kier alpha value is -5.76. The second-order valence-corrected chi connectivity index (χ2v) is 11.3. The first kappa shape index (κ1) is 29.0. The third-order valence-electron chi connectivity index (χ3n) is 8.17. The molecular weight excluding hydrogens is 576 g/mol. The van der Waals surface area contributed by atoms with Gasteiger partial charge >= 0.3 is 11.9 Å². The number of nitrogens with zero attached hydrogens (tertiary/aromatic N) is 2. The predicted molar refractivity (Wildman–Crippen MR) is 176 cm³/mol. The standard InChI is InChI=1S/C38H32N4O4/c43-37(33-31(25-13-5-1-6-14-25)39-35(41-33)27-17-9-3-10-18-27)45-29-21-23-30(24-22-29)46-38(44)34-32(26-15-7-2-8-16-26)40-36(42-34)28-19-11-4-12-20-28/h1-20,29-30H,21-24H2,(H,39,41)(H,40,42). The third kappa shape index (κ3) is 6.23. The van der Waals surface area contributed by atoms with Crippen molar-refractivity contribution in [2.45, 2.75) is 37.9 Å². The Morgan fingerprint density at radius 1 is 0.478 bits per heavy atom. The molecule has 228 valence electrons. The minimum Gasteiger partial charge on any atom is -0.458 e. The van der Waals surface area contributed by atoms with Gasteiger partial charge in [0.1, 0.15) is 35.2 Å². The van der Waals surface area contributed by atoms with Crippen LogP contribution in [-0.2, 0) is 9.47 Å². The van der Waals surface area contributed by atoms with Crippen LogP contribution < -0.4 is 0 Å². The van der Waals surface area contributed by atoms with E-state index in [1.54, 1.807) is 0 Å². The third-order valence-corrected chi connectivity index (χ3v) is 8.17. The summed E-state index contributed by atoms with van der Waals surface area (Å²) >= 11 is 0. The molecule has 0 bridgehead atoms. The fourth-order valence-corrected chi connectivity index (χ4v) is 5.81. The quantitative estimate of drug-likeness (QED) is 0.169. The Morgan fingerprint density at radius 2 is 0.783 bits per heavy atom. The average Bonchev–Trinajstić information content (AvgIpc) is 3.77. The van der Waals surface area contributed by atoms with E-state index >= 15 is 0 Å². The molecule has 0 unspecified atom stereocenters. The molecule has 8 nitrogen and oxygen atoms in total. The number of H-pyrrole nitrogens is 2. The van der Waals surface area contributed by atoms with Crippen LogP contribution in [0.15, 0.2) is 121 Å². The van der Waals surface area contributed by atoms with Gasteiger partial charge in [0.15, 0.2) is 11.4 Å². The highest BCUT2D eigenvalue weighted by atomic mass is 16.6. The lowest BCUT2D eigenvalue weighted by atomic mass is 9.95. The van der Waals surface area contributed by atoms with Gasteiger partial charge in [0, 0.05) is 22.3 Å². The van der Waals surface area contributed by atoms with Gasteiger partial charge < -0.3 is 19.4 Å². The minimum absolute atomic E-state index is 0.300. The van der Waals surface area contributed by atoms with E-state index in [-0.39, 0.29) is 12.2 Å². The van der Waals surface area contributed by atoms with Gasteiger partial charge in [0.2, 0.25) is 0 Å². The van der Waals surface area contributed by atoms with Crippen LogP contribution in [0.5, 0.6) is 0 Å². The molecule has 2 aromatic heterocycles. The molecule has 2 N–H and O–H groups in total. The Bertz CT molecular complexity index is 1790. The van der Waals surface area contributed by atoms with Gasteiger partial charge in [0.25, 0.3) is 0 Å². The molecule has 1 aliphatic carbocycles. The number of hydrogen-bond donors (Lipinski definition) is 2. The topological polar surface area (TPSA) is 110 Å². The normalized spacial score (nSPS) is 16.1. The van der Waals surface area contributed by atoms with Crippen LogP contribution in [0.25, 0.3) is 45.3 Å². The molecule has 0 saturated heterocycles. The van der Waals surface area contributed by atoms with E-state index in [0.717, 1.165) is 22.3 Å². The summed E-state index contributed by atoms with van der Waals surface area (Å²) in [6.45, 7) is 0. The van der Waals surface area contributed by atoms with E-state index in [0.29, 0.717) is 60.1 Å². The molecule has 4 aromatic carbocycles. The van der Waals surface area contributed by atoms with Crippen molar-refractivity contribution in [3.8, 4) is 45.3 Å². The van der Waals surface area contributed by atoms with Crippen LogP contribution >= 0.6 is 0 Å². The van der Waals surface area contributed by atoms with Crippen molar-refractivity contribution in [3.05, 3.63) is 133 Å². The molecule has 0 radical (unpaired) electrons. The number of rotatable bonds is 8. The summed E-state index contributed by atoms with van der Waals surface area (Å²) < 4.78 is 12.0. The summed E-state index contributed by atoms with van der Waals surface area (Å²) in [5, 5.41) is 0. The molecule has 2 heterocycles. The van der Waals surface area contributed by atoms with Gasteiger partial charge in [-0.1, -0.05) is 121 Å². The van der Waals surface area contributed by atoms with E-state index in [4.69, 9.17) is 19.4 Å². The van der Waals surface area contributed by atoms with Crippen LogP contribution in [0.3, 0.4) is 0 Å². The average molecular weight is 609 g/mol.